The quantitative estimate of drug-likeness (QED) is 0.134. The SMILES string of the molecule is Cc1ccc2c(n1)oc1c(-c3ccc(-c4ccc(C5CCCC5)cc4)c[n+]3C)c(C)ccc12.[2H]C([2H])([2H])c1ccc2c(n1)oc1c(-c3c(-c4ccc(C5CCCC5)cc4)ccc[n+]3C)c(C)ccc12.[2H]C([2H])([2H])c1ccc2c(n1)oc1c(-c3cc(-c4ccc(C5CCCC5)cc4)cc[n+]3C)c(C)ccc12. The van der Waals surface area contributed by atoms with Crippen LogP contribution in [0.15, 0.2) is 214 Å². The Hall–Kier alpha value is -10.4. The third-order valence-corrected chi connectivity index (χ3v) is 21.7. The van der Waals surface area contributed by atoms with Gasteiger partial charge in [-0.2, -0.15) is 0 Å². The molecule has 9 heterocycles. The van der Waals surface area contributed by atoms with Gasteiger partial charge in [-0.25, -0.2) is 28.7 Å². The number of nitrogens with zero attached hydrogens (tertiary/aromatic N) is 6. The van der Waals surface area contributed by atoms with E-state index in [2.05, 4.69) is 222 Å². The number of rotatable bonds is 9. The van der Waals surface area contributed by atoms with Gasteiger partial charge in [0.2, 0.25) is 34.2 Å². The van der Waals surface area contributed by atoms with Crippen LogP contribution in [0.25, 0.3) is 133 Å². The van der Waals surface area contributed by atoms with Crippen LogP contribution in [0.2, 0.25) is 0 Å². The number of hydrogen-bond acceptors (Lipinski definition) is 6. The lowest BCUT2D eigenvalue weighted by Gasteiger charge is -2.13. The van der Waals surface area contributed by atoms with E-state index in [1.54, 1.807) is 18.2 Å². The summed E-state index contributed by atoms with van der Waals surface area (Å²) in [7, 11) is 6.21. The Morgan fingerprint density at radius 2 is 0.758 bits per heavy atom. The Kier molecular flexibility index (Phi) is 15.1. The van der Waals surface area contributed by atoms with E-state index in [0.717, 1.165) is 117 Å². The second-order valence-electron chi connectivity index (χ2n) is 28.1. The molecular weight excluding hydrogens is 1210 g/mol. The molecule has 0 unspecified atom stereocenters. The van der Waals surface area contributed by atoms with Crippen molar-refractivity contribution in [3.05, 3.63) is 251 Å². The smallest absolute Gasteiger partial charge is 0.227 e. The van der Waals surface area contributed by atoms with E-state index in [-0.39, 0.29) is 11.4 Å². The molecule has 0 atom stereocenters. The van der Waals surface area contributed by atoms with Gasteiger partial charge >= 0.3 is 0 Å². The molecule has 0 saturated heterocycles. The van der Waals surface area contributed by atoms with Crippen LogP contribution in [0.3, 0.4) is 0 Å². The van der Waals surface area contributed by atoms with E-state index in [0.29, 0.717) is 29.0 Å². The monoisotopic (exact) mass is 1310 g/mol. The zero-order valence-electron chi connectivity index (χ0n) is 63.7. The largest absolute Gasteiger partial charge is 0.437 e. The molecule has 3 fully saturated rings. The van der Waals surface area contributed by atoms with Crippen molar-refractivity contribution < 1.29 is 35.2 Å². The molecule has 9 heteroatoms. The van der Waals surface area contributed by atoms with Crippen molar-refractivity contribution in [1.82, 2.24) is 15.0 Å². The molecule has 9 aromatic heterocycles. The summed E-state index contributed by atoms with van der Waals surface area (Å²) < 4.78 is 71.7. The lowest BCUT2D eigenvalue weighted by molar-refractivity contribution is -0.660. The molecule has 0 N–H and O–H groups in total. The Morgan fingerprint density at radius 1 is 0.354 bits per heavy atom. The maximum atomic E-state index is 7.74. The van der Waals surface area contributed by atoms with Crippen LogP contribution in [0.1, 0.15) is 153 Å². The first-order valence-corrected chi connectivity index (χ1v) is 35.5. The van der Waals surface area contributed by atoms with E-state index < -0.39 is 13.7 Å². The first-order valence-electron chi connectivity index (χ1n) is 38.5. The number of aromatic nitrogens is 6. The van der Waals surface area contributed by atoms with Crippen molar-refractivity contribution in [2.75, 3.05) is 0 Å². The molecular formula is C90H87N6O3+3. The zero-order valence-corrected chi connectivity index (χ0v) is 57.7. The van der Waals surface area contributed by atoms with Gasteiger partial charge in [0.1, 0.15) is 21.1 Å². The molecule has 0 aliphatic heterocycles. The van der Waals surface area contributed by atoms with Gasteiger partial charge in [-0.05, 0) is 202 Å². The number of furan rings is 3. The van der Waals surface area contributed by atoms with Crippen LogP contribution in [-0.2, 0) is 21.1 Å². The van der Waals surface area contributed by atoms with Gasteiger partial charge in [0, 0.05) is 87.5 Å². The van der Waals surface area contributed by atoms with E-state index in [1.165, 1.54) is 122 Å². The van der Waals surface area contributed by atoms with Gasteiger partial charge in [-0.3, -0.25) is 0 Å². The molecule has 15 aromatic rings. The van der Waals surface area contributed by atoms with Crippen molar-refractivity contribution in [2.24, 2.45) is 21.1 Å². The lowest BCUT2D eigenvalue weighted by atomic mass is 9.92. The molecule has 3 saturated carbocycles. The zero-order chi connectivity index (χ0) is 72.6. The number of benzene rings is 6. The van der Waals surface area contributed by atoms with Gasteiger partial charge in [-0.1, -0.05) is 148 Å². The van der Waals surface area contributed by atoms with Crippen molar-refractivity contribution in [3.8, 4) is 67.2 Å². The standard InChI is InChI=1S/3C30H29N2O/c1-19-10-16-25-26-17-11-20(2)31-30(26)33-29(25)27(19)28-24(9-6-18-32(28)3)23-14-12-22(13-15-23)21-7-4-5-8-21;1-19-8-15-25-26-16-9-20(2)31-30(26)33-29(25)28(19)27-17-14-24(18-32(27)3)23-12-10-22(11-13-23)21-6-4-5-7-21;1-19-8-14-25-26-15-9-20(2)31-30(26)33-29(25)28(19)27-18-24(16-17-32(27)3)23-12-10-22(11-13-23)21-6-4-5-7-21/h6,9-18,21H,4-5,7-8H2,1-3H3;2*8-18,21H,4-7H2,1-3H3/q3*+1/i2D3;;2D3. The minimum Gasteiger partial charge on any atom is -0.437 e. The van der Waals surface area contributed by atoms with Gasteiger partial charge in [-0.15, -0.1) is 0 Å². The molecule has 492 valence electrons. The fourth-order valence-electron chi connectivity index (χ4n) is 16.3. The highest BCUT2D eigenvalue weighted by Crippen LogP contribution is 2.44. The van der Waals surface area contributed by atoms with Gasteiger partial charge < -0.3 is 13.3 Å². The minimum atomic E-state index is -2.28. The Morgan fingerprint density at radius 3 is 1.23 bits per heavy atom. The highest BCUT2D eigenvalue weighted by atomic mass is 16.3. The van der Waals surface area contributed by atoms with Gasteiger partial charge in [0.05, 0.1) is 22.3 Å². The van der Waals surface area contributed by atoms with Crippen molar-refractivity contribution in [2.45, 2.75) is 136 Å². The third kappa shape index (κ3) is 12.1. The molecule has 6 aromatic carbocycles. The molecule has 3 aliphatic rings. The van der Waals surface area contributed by atoms with Crippen molar-refractivity contribution >= 4 is 66.2 Å². The van der Waals surface area contributed by atoms with E-state index >= 15 is 0 Å². The topological polar surface area (TPSA) is 89.7 Å². The summed E-state index contributed by atoms with van der Waals surface area (Å²) in [5.74, 6) is 2.14. The molecule has 0 amide bonds. The average molecular weight is 1310 g/mol. The summed E-state index contributed by atoms with van der Waals surface area (Å²) in [6.07, 6.45) is 22.3. The van der Waals surface area contributed by atoms with E-state index in [1.807, 2.05) is 38.2 Å². The van der Waals surface area contributed by atoms with Crippen molar-refractivity contribution in [1.29, 1.82) is 0 Å². The Labute approximate surface area is 588 Å². The fraction of sp³-hybridized carbons (Fsp3) is 0.267. The van der Waals surface area contributed by atoms with Crippen molar-refractivity contribution in [3.63, 3.8) is 0 Å². The second kappa shape index (κ2) is 26.5. The molecule has 9 nitrogen and oxygen atoms in total. The number of aryl methyl sites for hydroxylation is 9. The van der Waals surface area contributed by atoms with Crippen LogP contribution in [0, 0.1) is 41.4 Å². The fourth-order valence-corrected chi connectivity index (χ4v) is 16.3. The summed E-state index contributed by atoms with van der Waals surface area (Å²) in [6, 6.07) is 63.9. The maximum absolute atomic E-state index is 7.74. The first kappa shape index (κ1) is 56.6. The number of hydrogen-bond donors (Lipinski definition) is 0. The minimum absolute atomic E-state index is 0.0423. The van der Waals surface area contributed by atoms with Crippen LogP contribution in [0.5, 0.6) is 0 Å². The summed E-state index contributed by atoms with van der Waals surface area (Å²) in [5, 5.41) is 5.69. The van der Waals surface area contributed by atoms with Gasteiger partial charge in [0.15, 0.2) is 35.3 Å². The third-order valence-electron chi connectivity index (χ3n) is 21.7. The van der Waals surface area contributed by atoms with E-state index in [4.69, 9.17) is 21.5 Å². The molecule has 0 radical (unpaired) electrons. The first-order chi connectivity index (χ1) is 50.7. The molecule has 0 spiro atoms. The number of pyridine rings is 6. The molecule has 18 rings (SSSR count). The lowest BCUT2D eigenvalue weighted by Crippen LogP contribution is -2.31. The van der Waals surface area contributed by atoms with Crippen LogP contribution < -0.4 is 13.7 Å². The average Bonchev–Trinajstić information content (AvgIpc) is 1.63. The summed E-state index contributed by atoms with van der Waals surface area (Å²) in [5.41, 5.74) is 26.1. The molecule has 0 bridgehead atoms. The summed E-state index contributed by atoms with van der Waals surface area (Å²) >= 11 is 0. The van der Waals surface area contributed by atoms with Crippen LogP contribution >= 0.6 is 0 Å². The van der Waals surface area contributed by atoms with E-state index in [9.17, 15) is 0 Å². The highest BCUT2D eigenvalue weighted by molar-refractivity contribution is 6.11. The maximum Gasteiger partial charge on any atom is 0.227 e. The Bertz CT molecular complexity index is 5810. The molecule has 3 aliphatic carbocycles. The second-order valence-corrected chi connectivity index (χ2v) is 28.1. The van der Waals surface area contributed by atoms with Crippen LogP contribution in [0.4, 0.5) is 0 Å². The number of fused-ring (bicyclic) bond motifs is 9. The highest BCUT2D eigenvalue weighted by Gasteiger charge is 2.29. The predicted molar refractivity (Wildman–Crippen MR) is 403 cm³/mol. The van der Waals surface area contributed by atoms with Crippen LogP contribution in [-0.4, -0.2) is 15.0 Å². The molecule has 99 heavy (non-hydrogen) atoms. The summed E-state index contributed by atoms with van der Waals surface area (Å²) in [4.78, 5) is 13.3. The normalized spacial score (nSPS) is 15.7. The predicted octanol–water partition coefficient (Wildman–Crippen LogP) is 22.2. The Balaban J connectivity index is 0.000000121. The van der Waals surface area contributed by atoms with Gasteiger partial charge in [0.25, 0.3) is 0 Å². The summed E-state index contributed by atoms with van der Waals surface area (Å²) in [6.45, 7) is 3.75.